The molecule has 0 radical (unpaired) electrons. The van der Waals surface area contributed by atoms with Gasteiger partial charge in [0.15, 0.2) is 5.16 Å². The van der Waals surface area contributed by atoms with Crippen molar-refractivity contribution in [3.05, 3.63) is 48.3 Å². The Labute approximate surface area is 169 Å². The smallest absolute Gasteiger partial charge is 0.378 e. The van der Waals surface area contributed by atoms with E-state index in [0.29, 0.717) is 32.1 Å². The first-order valence-corrected chi connectivity index (χ1v) is 10.0. The van der Waals surface area contributed by atoms with Crippen LogP contribution < -0.4 is 4.90 Å². The lowest BCUT2D eigenvalue weighted by molar-refractivity contribution is -0.141. The third kappa shape index (κ3) is 4.91. The molecule has 3 aromatic rings. The predicted octanol–water partition coefficient (Wildman–Crippen LogP) is 3.16. The van der Waals surface area contributed by atoms with Gasteiger partial charge in [0.1, 0.15) is 6.54 Å². The molecule has 0 amide bonds. The largest absolute Gasteiger partial charge is 0.406 e. The van der Waals surface area contributed by atoms with Crippen molar-refractivity contribution in [1.82, 2.24) is 24.5 Å². The Balaban J connectivity index is 1.49. The Morgan fingerprint density at radius 2 is 1.83 bits per heavy atom. The van der Waals surface area contributed by atoms with Crippen LogP contribution in [0.25, 0.3) is 5.69 Å². The summed E-state index contributed by atoms with van der Waals surface area (Å²) in [6.07, 6.45) is -0.816. The molecule has 3 heterocycles. The molecular formula is C18H19F3N6OS. The van der Waals surface area contributed by atoms with Crippen LogP contribution in [0.5, 0.6) is 0 Å². The molecule has 0 saturated carbocycles. The minimum atomic E-state index is -4.36. The van der Waals surface area contributed by atoms with Gasteiger partial charge in [0.2, 0.25) is 5.95 Å². The molecular weight excluding hydrogens is 405 g/mol. The van der Waals surface area contributed by atoms with Crippen LogP contribution in [0.3, 0.4) is 0 Å². The van der Waals surface area contributed by atoms with E-state index in [0.717, 1.165) is 15.8 Å². The van der Waals surface area contributed by atoms with Gasteiger partial charge < -0.3 is 9.64 Å². The zero-order valence-electron chi connectivity index (χ0n) is 15.4. The van der Waals surface area contributed by atoms with Crippen LogP contribution in [0.2, 0.25) is 0 Å². The van der Waals surface area contributed by atoms with Crippen LogP contribution in [-0.2, 0) is 17.0 Å². The summed E-state index contributed by atoms with van der Waals surface area (Å²) in [6.45, 7) is 0.798. The molecule has 154 valence electrons. The highest BCUT2D eigenvalue weighted by molar-refractivity contribution is 7.98. The summed E-state index contributed by atoms with van der Waals surface area (Å²) in [5.74, 6) is 0.723. The van der Waals surface area contributed by atoms with Crippen LogP contribution in [0.15, 0.2) is 47.9 Å². The average molecular weight is 424 g/mol. The molecule has 7 nitrogen and oxygen atoms in total. The molecule has 11 heteroatoms. The molecule has 29 heavy (non-hydrogen) atoms. The molecule has 0 bridgehead atoms. The molecule has 1 fully saturated rings. The summed E-state index contributed by atoms with van der Waals surface area (Å²) in [6, 6.07) is 9.53. The zero-order valence-corrected chi connectivity index (χ0v) is 16.2. The number of hydrogen-bond donors (Lipinski definition) is 0. The number of rotatable bonds is 6. The minimum absolute atomic E-state index is 0.238. The van der Waals surface area contributed by atoms with Gasteiger partial charge in [0, 0.05) is 31.2 Å². The molecule has 2 aromatic heterocycles. The van der Waals surface area contributed by atoms with Gasteiger partial charge in [-0.05, 0) is 23.8 Å². The summed E-state index contributed by atoms with van der Waals surface area (Å²) < 4.78 is 47.6. The third-order valence-corrected chi connectivity index (χ3v) is 5.44. The number of alkyl halides is 3. The number of anilines is 1. The Kier molecular flexibility index (Phi) is 5.76. The van der Waals surface area contributed by atoms with E-state index in [9.17, 15) is 13.2 Å². The highest BCUT2D eigenvalue weighted by Crippen LogP contribution is 2.29. The predicted molar refractivity (Wildman–Crippen MR) is 102 cm³/mol. The Morgan fingerprint density at radius 3 is 2.48 bits per heavy atom. The van der Waals surface area contributed by atoms with Gasteiger partial charge in [-0.2, -0.15) is 18.3 Å². The van der Waals surface area contributed by atoms with Gasteiger partial charge >= 0.3 is 6.18 Å². The van der Waals surface area contributed by atoms with Crippen molar-refractivity contribution < 1.29 is 17.9 Å². The number of hydrogen-bond acceptors (Lipinski definition) is 6. The fourth-order valence-electron chi connectivity index (χ4n) is 3.02. The summed E-state index contributed by atoms with van der Waals surface area (Å²) >= 11 is 1.24. The molecule has 1 aliphatic heterocycles. The molecule has 0 unspecified atom stereocenters. The van der Waals surface area contributed by atoms with E-state index in [1.54, 1.807) is 15.8 Å². The number of morpholine rings is 1. The van der Waals surface area contributed by atoms with E-state index in [1.165, 1.54) is 11.8 Å². The van der Waals surface area contributed by atoms with E-state index in [-0.39, 0.29) is 11.1 Å². The van der Waals surface area contributed by atoms with Gasteiger partial charge in [0.25, 0.3) is 0 Å². The molecule has 1 aromatic carbocycles. The van der Waals surface area contributed by atoms with E-state index < -0.39 is 12.7 Å². The standard InChI is InChI=1S/C18H19F3N6OS/c19-18(20,21)13-26-16(25-8-10-28-11-9-25)23-24-17(26)29-12-14-2-4-15(5-3-14)27-7-1-6-22-27/h1-7H,8-13H2. The Hall–Kier alpha value is -2.53. The van der Waals surface area contributed by atoms with Crippen molar-refractivity contribution in [2.45, 2.75) is 23.6 Å². The quantitative estimate of drug-likeness (QED) is 0.567. The van der Waals surface area contributed by atoms with Crippen LogP contribution in [0.4, 0.5) is 19.1 Å². The molecule has 0 N–H and O–H groups in total. The number of aromatic nitrogens is 5. The maximum Gasteiger partial charge on any atom is 0.406 e. The lowest BCUT2D eigenvalue weighted by atomic mass is 10.2. The summed E-state index contributed by atoms with van der Waals surface area (Å²) in [4.78, 5) is 1.78. The molecule has 0 spiro atoms. The van der Waals surface area contributed by atoms with Crippen molar-refractivity contribution in [1.29, 1.82) is 0 Å². The summed E-state index contributed by atoms with van der Waals surface area (Å²) in [5.41, 5.74) is 1.89. The first kappa shape index (κ1) is 19.8. The van der Waals surface area contributed by atoms with Crippen LogP contribution >= 0.6 is 11.8 Å². The first-order valence-electron chi connectivity index (χ1n) is 9.04. The molecule has 4 rings (SSSR count). The van der Waals surface area contributed by atoms with E-state index in [4.69, 9.17) is 4.74 Å². The van der Waals surface area contributed by atoms with Crippen molar-refractivity contribution in [3.63, 3.8) is 0 Å². The van der Waals surface area contributed by atoms with Crippen LogP contribution in [-0.4, -0.2) is 57.0 Å². The number of halogens is 3. The highest BCUT2D eigenvalue weighted by atomic mass is 32.2. The second-order valence-corrected chi connectivity index (χ2v) is 7.43. The molecule has 1 saturated heterocycles. The monoisotopic (exact) mass is 424 g/mol. The van der Waals surface area contributed by atoms with Crippen LogP contribution in [0.1, 0.15) is 5.56 Å². The van der Waals surface area contributed by atoms with Gasteiger partial charge in [-0.3, -0.25) is 4.57 Å². The summed E-state index contributed by atoms with van der Waals surface area (Å²) in [7, 11) is 0. The van der Waals surface area contributed by atoms with Gasteiger partial charge in [-0.15, -0.1) is 10.2 Å². The van der Waals surface area contributed by atoms with Crippen molar-refractivity contribution in [3.8, 4) is 5.69 Å². The third-order valence-electron chi connectivity index (χ3n) is 4.40. The average Bonchev–Trinajstić information content (AvgIpc) is 3.37. The maximum atomic E-state index is 13.2. The molecule has 0 aliphatic carbocycles. The highest BCUT2D eigenvalue weighted by Gasteiger charge is 2.32. The second kappa shape index (κ2) is 8.46. The fourth-order valence-corrected chi connectivity index (χ4v) is 3.91. The summed E-state index contributed by atoms with van der Waals surface area (Å²) in [5, 5.41) is 12.5. The maximum absolute atomic E-state index is 13.2. The molecule has 0 atom stereocenters. The van der Waals surface area contributed by atoms with E-state index >= 15 is 0 Å². The second-order valence-electron chi connectivity index (χ2n) is 6.49. The number of nitrogens with zero attached hydrogens (tertiary/aromatic N) is 6. The van der Waals surface area contributed by atoms with Gasteiger partial charge in [-0.25, -0.2) is 4.68 Å². The normalized spacial score (nSPS) is 15.1. The van der Waals surface area contributed by atoms with Gasteiger partial charge in [0.05, 0.1) is 18.9 Å². The Morgan fingerprint density at radius 1 is 1.07 bits per heavy atom. The Bertz CT molecular complexity index is 920. The number of ether oxygens (including phenoxy) is 1. The van der Waals surface area contributed by atoms with Gasteiger partial charge in [-0.1, -0.05) is 23.9 Å². The van der Waals surface area contributed by atoms with E-state index in [1.807, 2.05) is 36.5 Å². The minimum Gasteiger partial charge on any atom is -0.378 e. The van der Waals surface area contributed by atoms with E-state index in [2.05, 4.69) is 15.3 Å². The molecule has 1 aliphatic rings. The van der Waals surface area contributed by atoms with Crippen molar-refractivity contribution >= 4 is 17.7 Å². The number of benzene rings is 1. The topological polar surface area (TPSA) is 61.0 Å². The lowest BCUT2D eigenvalue weighted by Crippen LogP contribution is -2.38. The van der Waals surface area contributed by atoms with Crippen molar-refractivity contribution in [2.24, 2.45) is 0 Å². The van der Waals surface area contributed by atoms with Crippen LogP contribution in [0, 0.1) is 0 Å². The zero-order chi connectivity index (χ0) is 20.3. The fraction of sp³-hybridized carbons (Fsp3) is 0.389. The lowest BCUT2D eigenvalue weighted by Gasteiger charge is -2.28. The first-order chi connectivity index (χ1) is 14.0. The SMILES string of the molecule is FC(F)(F)Cn1c(SCc2ccc(-n3cccn3)cc2)nnc1N1CCOCC1. The van der Waals surface area contributed by atoms with Crippen molar-refractivity contribution in [2.75, 3.05) is 31.2 Å². The number of thioether (sulfide) groups is 1.